The second-order valence-corrected chi connectivity index (χ2v) is 7.18. The molecule has 0 unspecified atom stereocenters. The lowest BCUT2D eigenvalue weighted by Gasteiger charge is -2.29. The standard InChI is InChI=1S/C20H24N2O5/c1-13-4-2-3-5-16(13)21-17(23)12-27-20(26)14-6-8-15(9-7-14)22-18(24)10-11-19(22)25/h6-9,13,16H,2-5,10-12H2,1H3,(H,21,23)/t13-,16+/m1/s1. The van der Waals surface area contributed by atoms with E-state index < -0.39 is 5.97 Å². The van der Waals surface area contributed by atoms with E-state index >= 15 is 0 Å². The highest BCUT2D eigenvalue weighted by Crippen LogP contribution is 2.24. The Balaban J connectivity index is 1.51. The summed E-state index contributed by atoms with van der Waals surface area (Å²) in [5.74, 6) is -0.978. The first-order valence-electron chi connectivity index (χ1n) is 9.38. The van der Waals surface area contributed by atoms with Gasteiger partial charge in [-0.1, -0.05) is 19.8 Å². The smallest absolute Gasteiger partial charge is 0.338 e. The Morgan fingerprint density at radius 3 is 2.33 bits per heavy atom. The zero-order chi connectivity index (χ0) is 19.4. The number of hydrogen-bond donors (Lipinski definition) is 1. The first-order chi connectivity index (χ1) is 13.0. The van der Waals surface area contributed by atoms with Crippen molar-refractivity contribution >= 4 is 29.4 Å². The van der Waals surface area contributed by atoms with Gasteiger partial charge in [-0.15, -0.1) is 0 Å². The summed E-state index contributed by atoms with van der Waals surface area (Å²) in [6.07, 6.45) is 4.75. The van der Waals surface area contributed by atoms with Crippen LogP contribution in [0.4, 0.5) is 5.69 Å². The predicted molar refractivity (Wildman–Crippen MR) is 98.0 cm³/mol. The number of esters is 1. The van der Waals surface area contributed by atoms with Crippen LogP contribution in [0, 0.1) is 5.92 Å². The van der Waals surface area contributed by atoms with Crippen LogP contribution >= 0.6 is 0 Å². The number of hydrogen-bond acceptors (Lipinski definition) is 5. The molecule has 0 aromatic heterocycles. The summed E-state index contributed by atoms with van der Waals surface area (Å²) in [7, 11) is 0. The molecule has 2 atom stereocenters. The van der Waals surface area contributed by atoms with Crippen LogP contribution in [0.1, 0.15) is 55.8 Å². The molecule has 27 heavy (non-hydrogen) atoms. The molecule has 2 aliphatic rings. The molecule has 1 N–H and O–H groups in total. The number of carbonyl (C=O) groups is 4. The van der Waals surface area contributed by atoms with E-state index in [1.165, 1.54) is 30.7 Å². The topological polar surface area (TPSA) is 92.8 Å². The van der Waals surface area contributed by atoms with Gasteiger partial charge in [-0.05, 0) is 43.0 Å². The largest absolute Gasteiger partial charge is 0.452 e. The number of benzene rings is 1. The van der Waals surface area contributed by atoms with Gasteiger partial charge in [-0.3, -0.25) is 19.3 Å². The van der Waals surface area contributed by atoms with Crippen LogP contribution < -0.4 is 10.2 Å². The molecule has 1 aromatic rings. The van der Waals surface area contributed by atoms with Gasteiger partial charge in [-0.25, -0.2) is 4.79 Å². The van der Waals surface area contributed by atoms with Gasteiger partial charge in [-0.2, -0.15) is 0 Å². The maximum absolute atomic E-state index is 12.1. The number of rotatable bonds is 5. The quantitative estimate of drug-likeness (QED) is 0.632. The van der Waals surface area contributed by atoms with Crippen molar-refractivity contribution in [2.24, 2.45) is 5.92 Å². The number of anilines is 1. The summed E-state index contributed by atoms with van der Waals surface area (Å²) < 4.78 is 5.08. The molecular weight excluding hydrogens is 348 g/mol. The van der Waals surface area contributed by atoms with Crippen molar-refractivity contribution in [3.05, 3.63) is 29.8 Å². The van der Waals surface area contributed by atoms with Gasteiger partial charge >= 0.3 is 5.97 Å². The van der Waals surface area contributed by atoms with Gasteiger partial charge in [0.05, 0.1) is 11.3 Å². The summed E-state index contributed by atoms with van der Waals surface area (Å²) in [4.78, 5) is 48.7. The van der Waals surface area contributed by atoms with Gasteiger partial charge < -0.3 is 10.1 Å². The first-order valence-corrected chi connectivity index (χ1v) is 9.38. The van der Waals surface area contributed by atoms with E-state index in [0.29, 0.717) is 11.6 Å². The molecule has 1 aliphatic carbocycles. The third kappa shape index (κ3) is 4.53. The van der Waals surface area contributed by atoms with Crippen molar-refractivity contribution in [1.29, 1.82) is 0 Å². The highest BCUT2D eigenvalue weighted by Gasteiger charge is 2.30. The lowest BCUT2D eigenvalue weighted by atomic mass is 9.86. The van der Waals surface area contributed by atoms with Crippen LogP contribution in [-0.4, -0.2) is 36.3 Å². The molecule has 1 heterocycles. The van der Waals surface area contributed by atoms with Crippen LogP contribution in [0.2, 0.25) is 0 Å². The van der Waals surface area contributed by atoms with E-state index in [2.05, 4.69) is 12.2 Å². The molecule has 1 aromatic carbocycles. The average Bonchev–Trinajstić information content (AvgIpc) is 3.00. The van der Waals surface area contributed by atoms with Gasteiger partial charge in [0.25, 0.3) is 5.91 Å². The highest BCUT2D eigenvalue weighted by molar-refractivity contribution is 6.19. The van der Waals surface area contributed by atoms with Crippen molar-refractivity contribution in [3.63, 3.8) is 0 Å². The van der Waals surface area contributed by atoms with Gasteiger partial charge in [0, 0.05) is 18.9 Å². The molecule has 144 valence electrons. The fourth-order valence-electron chi connectivity index (χ4n) is 3.60. The minimum Gasteiger partial charge on any atom is -0.452 e. The van der Waals surface area contributed by atoms with Crippen molar-refractivity contribution in [2.75, 3.05) is 11.5 Å². The SMILES string of the molecule is C[C@@H]1CCCC[C@@H]1NC(=O)COC(=O)c1ccc(N2C(=O)CCC2=O)cc1. The Morgan fingerprint density at radius 2 is 1.70 bits per heavy atom. The first kappa shape index (κ1) is 19.1. The number of nitrogens with one attached hydrogen (secondary N) is 1. The third-order valence-electron chi connectivity index (χ3n) is 5.20. The van der Waals surface area contributed by atoms with Crippen LogP contribution in [0.15, 0.2) is 24.3 Å². The summed E-state index contributed by atoms with van der Waals surface area (Å²) in [6.45, 7) is 1.79. The number of amides is 3. The maximum Gasteiger partial charge on any atom is 0.338 e. The molecule has 3 amide bonds. The molecule has 0 radical (unpaired) electrons. The molecule has 7 nitrogen and oxygen atoms in total. The summed E-state index contributed by atoms with van der Waals surface area (Å²) in [5.41, 5.74) is 0.694. The number of imide groups is 1. The van der Waals surface area contributed by atoms with Crippen LogP contribution in [0.5, 0.6) is 0 Å². The van der Waals surface area contributed by atoms with Crippen LogP contribution in [0.25, 0.3) is 0 Å². The number of carbonyl (C=O) groups excluding carboxylic acids is 4. The van der Waals surface area contributed by atoms with Crippen molar-refractivity contribution in [3.8, 4) is 0 Å². The van der Waals surface area contributed by atoms with Crippen LogP contribution in [-0.2, 0) is 19.1 Å². The lowest BCUT2D eigenvalue weighted by molar-refractivity contribution is -0.125. The Morgan fingerprint density at radius 1 is 1.07 bits per heavy atom. The second kappa shape index (κ2) is 8.33. The molecule has 1 saturated heterocycles. The average molecular weight is 372 g/mol. The van der Waals surface area contributed by atoms with E-state index in [-0.39, 0.29) is 48.8 Å². The number of ether oxygens (including phenoxy) is 1. The van der Waals surface area contributed by atoms with E-state index in [1.54, 1.807) is 0 Å². The van der Waals surface area contributed by atoms with Crippen molar-refractivity contribution in [2.45, 2.75) is 51.5 Å². The van der Waals surface area contributed by atoms with Crippen molar-refractivity contribution < 1.29 is 23.9 Å². The second-order valence-electron chi connectivity index (χ2n) is 7.18. The molecule has 1 aliphatic heterocycles. The molecular formula is C20H24N2O5. The Bertz CT molecular complexity index is 727. The predicted octanol–water partition coefficient (Wildman–Crippen LogP) is 2.19. The molecule has 0 bridgehead atoms. The normalized spacial score (nSPS) is 22.6. The molecule has 0 spiro atoms. The summed E-state index contributed by atoms with van der Waals surface area (Å²) in [5, 5.41) is 2.93. The Labute approximate surface area is 158 Å². The van der Waals surface area contributed by atoms with E-state index in [1.807, 2.05) is 0 Å². The van der Waals surface area contributed by atoms with Gasteiger partial charge in [0.2, 0.25) is 11.8 Å². The highest BCUT2D eigenvalue weighted by atomic mass is 16.5. The minimum absolute atomic E-state index is 0.139. The number of nitrogens with zero attached hydrogens (tertiary/aromatic N) is 1. The molecule has 2 fully saturated rings. The van der Waals surface area contributed by atoms with Gasteiger partial charge in [0.1, 0.15) is 0 Å². The fraction of sp³-hybridized carbons (Fsp3) is 0.500. The van der Waals surface area contributed by atoms with Gasteiger partial charge in [0.15, 0.2) is 6.61 Å². The minimum atomic E-state index is -0.618. The third-order valence-corrected chi connectivity index (χ3v) is 5.20. The maximum atomic E-state index is 12.1. The zero-order valence-electron chi connectivity index (χ0n) is 15.4. The zero-order valence-corrected chi connectivity index (χ0v) is 15.4. The monoisotopic (exact) mass is 372 g/mol. The Hall–Kier alpha value is -2.70. The van der Waals surface area contributed by atoms with E-state index in [4.69, 9.17) is 4.74 Å². The lowest BCUT2D eigenvalue weighted by Crippen LogP contribution is -2.42. The van der Waals surface area contributed by atoms with Crippen molar-refractivity contribution in [1.82, 2.24) is 5.32 Å². The molecule has 1 saturated carbocycles. The fourth-order valence-corrected chi connectivity index (χ4v) is 3.60. The van der Waals surface area contributed by atoms with Crippen LogP contribution in [0.3, 0.4) is 0 Å². The van der Waals surface area contributed by atoms with E-state index in [9.17, 15) is 19.2 Å². The summed E-state index contributed by atoms with van der Waals surface area (Å²) in [6, 6.07) is 6.16. The molecule has 3 rings (SSSR count). The Kier molecular flexibility index (Phi) is 5.88. The molecule has 7 heteroatoms. The summed E-state index contributed by atoms with van der Waals surface area (Å²) >= 11 is 0. The van der Waals surface area contributed by atoms with E-state index in [0.717, 1.165) is 24.2 Å².